The summed E-state index contributed by atoms with van der Waals surface area (Å²) in [5.41, 5.74) is 0. The topological polar surface area (TPSA) is 82.1 Å². The summed E-state index contributed by atoms with van der Waals surface area (Å²) in [5, 5.41) is 12.1. The summed E-state index contributed by atoms with van der Waals surface area (Å²) in [6, 6.07) is 0. The first-order chi connectivity index (χ1) is 10.1. The maximum Gasteiger partial charge on any atom is 0.306 e. The van der Waals surface area contributed by atoms with Crippen LogP contribution in [0.2, 0.25) is 0 Å². The molecule has 2 aliphatic heterocycles. The minimum atomic E-state index is -0.751. The van der Waals surface area contributed by atoms with Crippen molar-refractivity contribution >= 4 is 11.9 Å². The van der Waals surface area contributed by atoms with Crippen molar-refractivity contribution in [3.05, 3.63) is 0 Å². The second kappa shape index (κ2) is 7.72. The summed E-state index contributed by atoms with van der Waals surface area (Å²) in [6.45, 7) is 4.61. The number of hydrogen-bond donors (Lipinski definition) is 2. The van der Waals surface area contributed by atoms with Gasteiger partial charge in [0, 0.05) is 32.7 Å². The van der Waals surface area contributed by atoms with Gasteiger partial charge in [-0.2, -0.15) is 0 Å². The fourth-order valence-electron chi connectivity index (χ4n) is 2.82. The van der Waals surface area contributed by atoms with Crippen LogP contribution in [0.4, 0.5) is 0 Å². The average molecular weight is 299 g/mol. The van der Waals surface area contributed by atoms with E-state index in [0.717, 1.165) is 19.7 Å². The lowest BCUT2D eigenvalue weighted by atomic mass is 9.97. The molecular formula is C14H25N3O4. The second-order valence-corrected chi connectivity index (χ2v) is 5.88. The molecule has 2 saturated heterocycles. The van der Waals surface area contributed by atoms with E-state index in [1.807, 2.05) is 0 Å². The Morgan fingerprint density at radius 3 is 2.62 bits per heavy atom. The Bertz CT molecular complexity index is 369. The molecule has 0 radical (unpaired) electrons. The molecule has 2 fully saturated rings. The number of piperidine rings is 1. The van der Waals surface area contributed by atoms with Crippen molar-refractivity contribution in [3.63, 3.8) is 0 Å². The Labute approximate surface area is 125 Å². The number of carbonyl (C=O) groups is 2. The van der Waals surface area contributed by atoms with Crippen LogP contribution >= 0.6 is 0 Å². The number of carboxylic acids is 1. The first-order valence-corrected chi connectivity index (χ1v) is 7.57. The summed E-state index contributed by atoms with van der Waals surface area (Å²) in [7, 11) is 2.06. The number of carboxylic acid groups (broad SMARTS) is 1. The van der Waals surface area contributed by atoms with Gasteiger partial charge in [-0.15, -0.1) is 0 Å². The van der Waals surface area contributed by atoms with Crippen LogP contribution in [0.5, 0.6) is 0 Å². The second-order valence-electron chi connectivity index (χ2n) is 5.88. The first-order valence-electron chi connectivity index (χ1n) is 7.57. The minimum Gasteiger partial charge on any atom is -0.481 e. The highest BCUT2D eigenvalue weighted by atomic mass is 16.5. The van der Waals surface area contributed by atoms with E-state index in [9.17, 15) is 9.59 Å². The Kier molecular flexibility index (Phi) is 5.96. The van der Waals surface area contributed by atoms with Crippen LogP contribution in [0.3, 0.4) is 0 Å². The normalized spacial score (nSPS) is 25.0. The van der Waals surface area contributed by atoms with Gasteiger partial charge in [-0.3, -0.25) is 9.59 Å². The highest BCUT2D eigenvalue weighted by Crippen LogP contribution is 2.17. The number of hydrogen-bond acceptors (Lipinski definition) is 5. The molecule has 120 valence electrons. The fraction of sp³-hybridized carbons (Fsp3) is 0.857. The highest BCUT2D eigenvalue weighted by molar-refractivity contribution is 5.78. The van der Waals surface area contributed by atoms with Crippen molar-refractivity contribution in [1.82, 2.24) is 15.1 Å². The van der Waals surface area contributed by atoms with Crippen LogP contribution in [-0.2, 0) is 14.3 Å². The van der Waals surface area contributed by atoms with Gasteiger partial charge in [0.25, 0.3) is 0 Å². The molecule has 0 bridgehead atoms. The van der Waals surface area contributed by atoms with Gasteiger partial charge in [0.05, 0.1) is 25.2 Å². The maximum absolute atomic E-state index is 12.0. The number of likely N-dealkylation sites (N-methyl/N-ethyl adjacent to an activating group) is 1. The van der Waals surface area contributed by atoms with E-state index >= 15 is 0 Å². The van der Waals surface area contributed by atoms with Gasteiger partial charge in [0.15, 0.2) is 0 Å². The maximum atomic E-state index is 12.0. The number of morpholine rings is 1. The number of carbonyl (C=O) groups excluding carboxylic acids is 1. The zero-order valence-corrected chi connectivity index (χ0v) is 12.6. The Morgan fingerprint density at radius 2 is 2.00 bits per heavy atom. The number of nitrogens with zero attached hydrogens (tertiary/aromatic N) is 2. The van der Waals surface area contributed by atoms with E-state index < -0.39 is 5.97 Å². The lowest BCUT2D eigenvalue weighted by molar-refractivity contribution is -0.145. The summed E-state index contributed by atoms with van der Waals surface area (Å²) >= 11 is 0. The molecule has 0 saturated carbocycles. The predicted octanol–water partition coefficient (Wildman–Crippen LogP) is -0.770. The standard InChI is InChI=1S/C14H25N3O4/c1-16-6-7-21-12(10-16)8-15-9-13(18)17-4-2-11(3-5-17)14(19)20/h11-12,15H,2-10H2,1H3,(H,19,20). The molecule has 21 heavy (non-hydrogen) atoms. The lowest BCUT2D eigenvalue weighted by Gasteiger charge is -2.31. The molecule has 2 heterocycles. The van der Waals surface area contributed by atoms with Crippen LogP contribution in [0.1, 0.15) is 12.8 Å². The Balaban J connectivity index is 1.62. The number of amides is 1. The molecule has 1 unspecified atom stereocenters. The zero-order valence-electron chi connectivity index (χ0n) is 12.6. The number of ether oxygens (including phenoxy) is 1. The number of aliphatic carboxylic acids is 1. The third kappa shape index (κ3) is 4.94. The van der Waals surface area contributed by atoms with Crippen LogP contribution in [-0.4, -0.2) is 85.8 Å². The van der Waals surface area contributed by atoms with Gasteiger partial charge in [0.1, 0.15) is 0 Å². The average Bonchev–Trinajstić information content (AvgIpc) is 2.47. The summed E-state index contributed by atoms with van der Waals surface area (Å²) in [4.78, 5) is 26.9. The summed E-state index contributed by atoms with van der Waals surface area (Å²) < 4.78 is 5.62. The van der Waals surface area contributed by atoms with Crippen molar-refractivity contribution in [2.45, 2.75) is 18.9 Å². The van der Waals surface area contributed by atoms with Crippen molar-refractivity contribution in [3.8, 4) is 0 Å². The molecule has 0 aromatic rings. The van der Waals surface area contributed by atoms with Gasteiger partial charge < -0.3 is 25.0 Å². The van der Waals surface area contributed by atoms with Gasteiger partial charge >= 0.3 is 5.97 Å². The highest BCUT2D eigenvalue weighted by Gasteiger charge is 2.26. The molecule has 1 atom stereocenters. The van der Waals surface area contributed by atoms with E-state index in [4.69, 9.17) is 9.84 Å². The van der Waals surface area contributed by atoms with Crippen molar-refractivity contribution in [2.24, 2.45) is 5.92 Å². The minimum absolute atomic E-state index is 0.0444. The lowest BCUT2D eigenvalue weighted by Crippen LogP contribution is -2.48. The van der Waals surface area contributed by atoms with Gasteiger partial charge in [-0.1, -0.05) is 0 Å². The first kappa shape index (κ1) is 16.2. The van der Waals surface area contributed by atoms with Crippen molar-refractivity contribution in [1.29, 1.82) is 0 Å². The number of likely N-dealkylation sites (tertiary alicyclic amines) is 1. The van der Waals surface area contributed by atoms with E-state index in [-0.39, 0.29) is 17.9 Å². The number of rotatable bonds is 5. The quantitative estimate of drug-likeness (QED) is 0.694. The molecule has 1 amide bonds. The monoisotopic (exact) mass is 299 g/mol. The Hall–Kier alpha value is -1.18. The molecular weight excluding hydrogens is 274 g/mol. The molecule has 7 nitrogen and oxygen atoms in total. The molecule has 0 aromatic carbocycles. The number of nitrogens with one attached hydrogen (secondary N) is 1. The van der Waals surface area contributed by atoms with E-state index in [1.54, 1.807) is 4.90 Å². The molecule has 2 rings (SSSR count). The smallest absolute Gasteiger partial charge is 0.306 e. The van der Waals surface area contributed by atoms with Gasteiger partial charge in [-0.25, -0.2) is 0 Å². The summed E-state index contributed by atoms with van der Waals surface area (Å²) in [6.07, 6.45) is 1.24. The third-order valence-corrected chi connectivity index (χ3v) is 4.19. The van der Waals surface area contributed by atoms with E-state index in [0.29, 0.717) is 39.0 Å². The van der Waals surface area contributed by atoms with Crippen molar-refractivity contribution in [2.75, 3.05) is 52.9 Å². The Morgan fingerprint density at radius 1 is 1.29 bits per heavy atom. The third-order valence-electron chi connectivity index (χ3n) is 4.19. The zero-order chi connectivity index (χ0) is 15.2. The molecule has 7 heteroatoms. The molecule has 0 aromatic heterocycles. The largest absolute Gasteiger partial charge is 0.481 e. The van der Waals surface area contributed by atoms with E-state index in [2.05, 4.69) is 17.3 Å². The van der Waals surface area contributed by atoms with Crippen LogP contribution in [0.25, 0.3) is 0 Å². The van der Waals surface area contributed by atoms with Crippen LogP contribution < -0.4 is 5.32 Å². The predicted molar refractivity (Wildman–Crippen MR) is 77.0 cm³/mol. The summed E-state index contributed by atoms with van der Waals surface area (Å²) in [5.74, 6) is -1.00. The molecule has 0 aliphatic carbocycles. The molecule has 0 spiro atoms. The van der Waals surface area contributed by atoms with Crippen LogP contribution in [0, 0.1) is 5.92 Å². The van der Waals surface area contributed by atoms with Crippen LogP contribution in [0.15, 0.2) is 0 Å². The molecule has 2 N–H and O–H groups in total. The fourth-order valence-corrected chi connectivity index (χ4v) is 2.82. The molecule has 2 aliphatic rings. The van der Waals surface area contributed by atoms with E-state index in [1.165, 1.54) is 0 Å². The SMILES string of the molecule is CN1CCOC(CNCC(=O)N2CCC(C(=O)O)CC2)C1. The van der Waals surface area contributed by atoms with Gasteiger partial charge in [-0.05, 0) is 19.9 Å². The van der Waals surface area contributed by atoms with Gasteiger partial charge in [0.2, 0.25) is 5.91 Å². The van der Waals surface area contributed by atoms with Crippen molar-refractivity contribution < 1.29 is 19.4 Å².